The molecule has 1 heterocycles. The number of ether oxygens (including phenoxy) is 1. The van der Waals surface area contributed by atoms with Crippen LogP contribution in [0.25, 0.3) is 0 Å². The molecule has 1 rings (SSSR count). The van der Waals surface area contributed by atoms with Gasteiger partial charge in [-0.05, 0) is 32.7 Å². The van der Waals surface area contributed by atoms with Crippen LogP contribution < -0.4 is 5.32 Å². The lowest BCUT2D eigenvalue weighted by Gasteiger charge is -2.32. The Morgan fingerprint density at radius 3 is 2.69 bits per heavy atom. The molecule has 0 radical (unpaired) electrons. The molecule has 3 nitrogen and oxygen atoms in total. The average Bonchev–Trinajstić information content (AvgIpc) is 2.08. The molecule has 1 aliphatic rings. The van der Waals surface area contributed by atoms with Crippen molar-refractivity contribution in [3.8, 4) is 0 Å². The van der Waals surface area contributed by atoms with E-state index in [9.17, 15) is 5.11 Å². The minimum Gasteiger partial charge on any atom is -0.391 e. The second-order valence-corrected chi connectivity index (χ2v) is 4.09. The Balaban J connectivity index is 2.33. The van der Waals surface area contributed by atoms with E-state index in [0.717, 1.165) is 19.5 Å². The minimum absolute atomic E-state index is 0.0626. The first-order valence-electron chi connectivity index (χ1n) is 5.15. The molecule has 0 aliphatic carbocycles. The van der Waals surface area contributed by atoms with Crippen LogP contribution in [0.5, 0.6) is 0 Å². The van der Waals surface area contributed by atoms with Crippen LogP contribution in [0.2, 0.25) is 0 Å². The standard InChI is InChI=1S/C10H21NO2/c1-7-4-5-11-6-10(7)13-9(3)8(2)12/h7-12H,4-6H2,1-3H3. The van der Waals surface area contributed by atoms with Gasteiger partial charge in [0, 0.05) is 6.54 Å². The van der Waals surface area contributed by atoms with Crippen LogP contribution in [-0.4, -0.2) is 36.5 Å². The summed E-state index contributed by atoms with van der Waals surface area (Å²) in [6, 6.07) is 0. The summed E-state index contributed by atoms with van der Waals surface area (Å²) in [5.74, 6) is 0.599. The van der Waals surface area contributed by atoms with E-state index in [0.29, 0.717) is 5.92 Å². The maximum Gasteiger partial charge on any atom is 0.0807 e. The number of nitrogens with one attached hydrogen (secondary N) is 1. The molecule has 2 N–H and O–H groups in total. The molecule has 1 saturated heterocycles. The zero-order chi connectivity index (χ0) is 9.84. The van der Waals surface area contributed by atoms with Crippen LogP contribution >= 0.6 is 0 Å². The molecule has 13 heavy (non-hydrogen) atoms. The molecule has 0 saturated carbocycles. The summed E-state index contributed by atoms with van der Waals surface area (Å²) in [6.07, 6.45) is 0.983. The molecule has 0 amide bonds. The van der Waals surface area contributed by atoms with Crippen molar-refractivity contribution in [2.75, 3.05) is 13.1 Å². The predicted octanol–water partition coefficient (Wildman–Crippen LogP) is 0.770. The first kappa shape index (κ1) is 11.0. The third-order valence-electron chi connectivity index (χ3n) is 2.83. The van der Waals surface area contributed by atoms with Gasteiger partial charge in [-0.25, -0.2) is 0 Å². The van der Waals surface area contributed by atoms with Crippen LogP contribution in [0.1, 0.15) is 27.2 Å². The Hall–Kier alpha value is -0.120. The largest absolute Gasteiger partial charge is 0.391 e. The van der Waals surface area contributed by atoms with Gasteiger partial charge in [-0.3, -0.25) is 0 Å². The fourth-order valence-corrected chi connectivity index (χ4v) is 1.53. The smallest absolute Gasteiger partial charge is 0.0807 e. The summed E-state index contributed by atoms with van der Waals surface area (Å²) >= 11 is 0. The van der Waals surface area contributed by atoms with E-state index >= 15 is 0 Å². The van der Waals surface area contributed by atoms with E-state index in [4.69, 9.17) is 4.74 Å². The number of piperidine rings is 1. The molecular formula is C10H21NO2. The summed E-state index contributed by atoms with van der Waals surface area (Å²) in [5.41, 5.74) is 0. The molecule has 78 valence electrons. The normalized spacial score (nSPS) is 34.2. The van der Waals surface area contributed by atoms with E-state index in [1.807, 2.05) is 6.92 Å². The van der Waals surface area contributed by atoms with Gasteiger partial charge in [-0.1, -0.05) is 6.92 Å². The maximum atomic E-state index is 9.29. The van der Waals surface area contributed by atoms with E-state index < -0.39 is 0 Å². The zero-order valence-electron chi connectivity index (χ0n) is 8.79. The summed E-state index contributed by atoms with van der Waals surface area (Å²) in [4.78, 5) is 0. The van der Waals surface area contributed by atoms with E-state index in [2.05, 4.69) is 12.2 Å². The Morgan fingerprint density at radius 1 is 1.46 bits per heavy atom. The highest BCUT2D eigenvalue weighted by molar-refractivity contribution is 4.77. The average molecular weight is 187 g/mol. The van der Waals surface area contributed by atoms with Gasteiger partial charge in [0.15, 0.2) is 0 Å². The second-order valence-electron chi connectivity index (χ2n) is 4.09. The molecule has 0 aromatic carbocycles. The second kappa shape index (κ2) is 4.94. The highest BCUT2D eigenvalue weighted by Gasteiger charge is 2.24. The van der Waals surface area contributed by atoms with Gasteiger partial charge in [-0.2, -0.15) is 0 Å². The van der Waals surface area contributed by atoms with Crippen molar-refractivity contribution in [2.45, 2.75) is 45.5 Å². The number of aliphatic hydroxyl groups is 1. The Labute approximate surface area is 80.5 Å². The highest BCUT2D eigenvalue weighted by Crippen LogP contribution is 2.17. The molecule has 1 aliphatic heterocycles. The first-order chi connectivity index (χ1) is 6.11. The number of hydrogen-bond donors (Lipinski definition) is 2. The fraction of sp³-hybridized carbons (Fsp3) is 1.00. The molecule has 0 aromatic heterocycles. The van der Waals surface area contributed by atoms with Crippen molar-refractivity contribution in [3.05, 3.63) is 0 Å². The molecule has 4 atom stereocenters. The van der Waals surface area contributed by atoms with Gasteiger partial charge in [0.05, 0.1) is 18.3 Å². The van der Waals surface area contributed by atoms with Gasteiger partial charge in [0.25, 0.3) is 0 Å². The molecular weight excluding hydrogens is 166 g/mol. The Kier molecular flexibility index (Phi) is 4.16. The van der Waals surface area contributed by atoms with Crippen LogP contribution in [-0.2, 0) is 4.74 Å². The highest BCUT2D eigenvalue weighted by atomic mass is 16.5. The van der Waals surface area contributed by atoms with Crippen LogP contribution in [0, 0.1) is 5.92 Å². The van der Waals surface area contributed by atoms with Gasteiger partial charge in [-0.15, -0.1) is 0 Å². The van der Waals surface area contributed by atoms with Crippen molar-refractivity contribution < 1.29 is 9.84 Å². The topological polar surface area (TPSA) is 41.5 Å². The first-order valence-corrected chi connectivity index (χ1v) is 5.15. The van der Waals surface area contributed by atoms with Gasteiger partial charge in [0.2, 0.25) is 0 Å². The Bertz CT molecular complexity index is 150. The van der Waals surface area contributed by atoms with Crippen LogP contribution in [0.3, 0.4) is 0 Å². The van der Waals surface area contributed by atoms with E-state index in [-0.39, 0.29) is 18.3 Å². The SMILES string of the molecule is CC(O)C(C)OC1CNCCC1C. The van der Waals surface area contributed by atoms with Crippen LogP contribution in [0.15, 0.2) is 0 Å². The van der Waals surface area contributed by atoms with Crippen molar-refractivity contribution in [2.24, 2.45) is 5.92 Å². The number of rotatable bonds is 3. The lowest BCUT2D eigenvalue weighted by atomic mass is 9.97. The van der Waals surface area contributed by atoms with Crippen molar-refractivity contribution >= 4 is 0 Å². The van der Waals surface area contributed by atoms with Gasteiger partial charge in [0.1, 0.15) is 0 Å². The summed E-state index contributed by atoms with van der Waals surface area (Å²) in [6.45, 7) is 7.90. The molecule has 0 spiro atoms. The van der Waals surface area contributed by atoms with Gasteiger partial charge >= 0.3 is 0 Å². The third-order valence-corrected chi connectivity index (χ3v) is 2.83. The lowest BCUT2D eigenvalue weighted by molar-refractivity contribution is -0.0850. The van der Waals surface area contributed by atoms with Gasteiger partial charge < -0.3 is 15.2 Å². The summed E-state index contributed by atoms with van der Waals surface area (Å²) < 4.78 is 5.75. The van der Waals surface area contributed by atoms with Crippen LogP contribution in [0.4, 0.5) is 0 Å². The number of aliphatic hydroxyl groups excluding tert-OH is 1. The fourth-order valence-electron chi connectivity index (χ4n) is 1.53. The lowest BCUT2D eigenvalue weighted by Crippen LogP contribution is -2.44. The van der Waals surface area contributed by atoms with E-state index in [1.54, 1.807) is 6.92 Å². The molecule has 3 heteroatoms. The molecule has 1 fully saturated rings. The van der Waals surface area contributed by atoms with E-state index in [1.165, 1.54) is 0 Å². The molecule has 0 aromatic rings. The molecule has 4 unspecified atom stereocenters. The van der Waals surface area contributed by atoms with Crippen molar-refractivity contribution in [3.63, 3.8) is 0 Å². The monoisotopic (exact) mass is 187 g/mol. The third kappa shape index (κ3) is 3.25. The minimum atomic E-state index is -0.380. The van der Waals surface area contributed by atoms with Crippen molar-refractivity contribution in [1.29, 1.82) is 0 Å². The zero-order valence-corrected chi connectivity index (χ0v) is 8.79. The number of hydrogen-bond acceptors (Lipinski definition) is 3. The predicted molar refractivity (Wildman–Crippen MR) is 52.7 cm³/mol. The Morgan fingerprint density at radius 2 is 2.15 bits per heavy atom. The maximum absolute atomic E-state index is 9.29. The quantitative estimate of drug-likeness (QED) is 0.685. The summed E-state index contributed by atoms with van der Waals surface area (Å²) in [5, 5.41) is 12.6. The van der Waals surface area contributed by atoms with Crippen molar-refractivity contribution in [1.82, 2.24) is 5.32 Å². The molecule has 0 bridgehead atoms. The summed E-state index contributed by atoms with van der Waals surface area (Å²) in [7, 11) is 0.